The van der Waals surface area contributed by atoms with Crippen molar-refractivity contribution in [1.82, 2.24) is 20.1 Å². The fourth-order valence-corrected chi connectivity index (χ4v) is 6.76. The molecule has 212 valence electrons. The summed E-state index contributed by atoms with van der Waals surface area (Å²) >= 11 is 12.6. The topological polar surface area (TPSA) is 51.7 Å². The Hall–Kier alpha value is -2.78. The standard InChI is InChI=1S/C30H31Cl2F2N5O.H2/c31-22-4-1-19(2-5-22)16-37-9-7-23(8-10-37)38-17-25-13-24(38)18-39(25)29-26(32)12-21(15-35-29)30(40)36-14-20-3-6-27(33)28(34)11-20;/h1-6,11-12,15,23-25H,7-10,13-14,16-18H2,(H,36,40);1H. The maximum absolute atomic E-state index is 13.4. The van der Waals surface area contributed by atoms with Crippen LogP contribution < -0.4 is 10.2 Å². The number of aromatic nitrogens is 1. The predicted molar refractivity (Wildman–Crippen MR) is 155 cm³/mol. The molecule has 3 saturated heterocycles. The van der Waals surface area contributed by atoms with Crippen LogP contribution in [-0.4, -0.2) is 65.0 Å². The normalized spacial score (nSPS) is 21.8. The molecule has 40 heavy (non-hydrogen) atoms. The number of piperidine rings is 1. The average molecular weight is 589 g/mol. The van der Waals surface area contributed by atoms with E-state index in [1.54, 1.807) is 6.07 Å². The zero-order chi connectivity index (χ0) is 27.8. The molecule has 3 aromatic rings. The number of halogens is 4. The van der Waals surface area contributed by atoms with E-state index < -0.39 is 11.6 Å². The van der Waals surface area contributed by atoms with E-state index in [0.717, 1.165) is 56.3 Å². The van der Waals surface area contributed by atoms with Gasteiger partial charge >= 0.3 is 0 Å². The molecular weight excluding hydrogens is 555 g/mol. The van der Waals surface area contributed by atoms with Crippen LogP contribution in [0.5, 0.6) is 0 Å². The summed E-state index contributed by atoms with van der Waals surface area (Å²) in [5.41, 5.74) is 2.09. The van der Waals surface area contributed by atoms with Crippen molar-refractivity contribution in [2.45, 2.75) is 50.5 Å². The Morgan fingerprint density at radius 3 is 2.38 bits per heavy atom. The lowest BCUT2D eigenvalue weighted by Crippen LogP contribution is -2.53. The quantitative estimate of drug-likeness (QED) is 0.380. The van der Waals surface area contributed by atoms with E-state index in [1.165, 1.54) is 30.7 Å². The number of fused-ring (bicyclic) bond motifs is 2. The lowest BCUT2D eigenvalue weighted by molar-refractivity contribution is 0.0903. The van der Waals surface area contributed by atoms with Gasteiger partial charge in [-0.05, 0) is 73.8 Å². The van der Waals surface area contributed by atoms with Crippen LogP contribution in [0.25, 0.3) is 0 Å². The number of nitrogens with zero attached hydrogens (tertiary/aromatic N) is 4. The second-order valence-corrected chi connectivity index (χ2v) is 11.8. The van der Waals surface area contributed by atoms with Crippen LogP contribution in [0.4, 0.5) is 14.6 Å². The van der Waals surface area contributed by atoms with E-state index in [-0.39, 0.29) is 13.9 Å². The van der Waals surface area contributed by atoms with Crippen LogP contribution >= 0.6 is 23.2 Å². The number of amides is 1. The largest absolute Gasteiger partial charge is 0.349 e. The first-order valence-electron chi connectivity index (χ1n) is 13.7. The molecule has 1 aromatic heterocycles. The predicted octanol–water partition coefficient (Wildman–Crippen LogP) is 5.77. The van der Waals surface area contributed by atoms with Crippen molar-refractivity contribution in [3.63, 3.8) is 0 Å². The molecule has 1 N–H and O–H groups in total. The third kappa shape index (κ3) is 5.81. The zero-order valence-electron chi connectivity index (χ0n) is 22.0. The maximum Gasteiger partial charge on any atom is 0.253 e. The summed E-state index contributed by atoms with van der Waals surface area (Å²) in [6.45, 7) is 5.11. The van der Waals surface area contributed by atoms with E-state index in [4.69, 9.17) is 23.2 Å². The Morgan fingerprint density at radius 2 is 1.70 bits per heavy atom. The van der Waals surface area contributed by atoms with Crippen LogP contribution in [0.3, 0.4) is 0 Å². The molecule has 2 aromatic carbocycles. The molecule has 3 fully saturated rings. The molecule has 6 rings (SSSR count). The fourth-order valence-electron chi connectivity index (χ4n) is 6.36. The van der Waals surface area contributed by atoms with Crippen molar-refractivity contribution >= 4 is 34.9 Å². The molecule has 1 amide bonds. The molecule has 3 aliphatic heterocycles. The van der Waals surface area contributed by atoms with Crippen molar-refractivity contribution < 1.29 is 15.0 Å². The number of carbonyl (C=O) groups excluding carboxylic acids is 1. The van der Waals surface area contributed by atoms with Gasteiger partial charge in [0.1, 0.15) is 5.82 Å². The number of pyridine rings is 1. The lowest BCUT2D eigenvalue weighted by atomic mass is 10.0. The van der Waals surface area contributed by atoms with E-state index in [9.17, 15) is 13.6 Å². The minimum absolute atomic E-state index is 0. The molecule has 2 unspecified atom stereocenters. The van der Waals surface area contributed by atoms with E-state index >= 15 is 0 Å². The highest BCUT2D eigenvalue weighted by Crippen LogP contribution is 2.39. The van der Waals surface area contributed by atoms with E-state index in [0.29, 0.717) is 40.1 Å². The summed E-state index contributed by atoms with van der Waals surface area (Å²) in [7, 11) is 0. The summed E-state index contributed by atoms with van der Waals surface area (Å²) < 4.78 is 26.6. The second kappa shape index (κ2) is 11.6. The van der Waals surface area contributed by atoms with E-state index in [2.05, 4.69) is 37.1 Å². The van der Waals surface area contributed by atoms with Crippen molar-refractivity contribution in [3.05, 3.63) is 93.1 Å². The van der Waals surface area contributed by atoms with Crippen LogP contribution in [0.1, 0.15) is 42.2 Å². The third-order valence-electron chi connectivity index (χ3n) is 8.42. The van der Waals surface area contributed by atoms with Crippen LogP contribution in [0.2, 0.25) is 10.0 Å². The number of hydrogen-bond acceptors (Lipinski definition) is 5. The monoisotopic (exact) mass is 587 g/mol. The molecule has 0 saturated carbocycles. The van der Waals surface area contributed by atoms with Gasteiger partial charge < -0.3 is 10.2 Å². The Balaban J connectivity index is 0.00000337. The van der Waals surface area contributed by atoms with Gasteiger partial charge in [0, 0.05) is 57.0 Å². The second-order valence-electron chi connectivity index (χ2n) is 11.0. The molecule has 2 bridgehead atoms. The number of anilines is 1. The van der Waals surface area contributed by atoms with Crippen LogP contribution in [0.15, 0.2) is 54.7 Å². The Kier molecular flexibility index (Phi) is 7.95. The lowest BCUT2D eigenvalue weighted by Gasteiger charge is -2.43. The highest BCUT2D eigenvalue weighted by molar-refractivity contribution is 6.33. The number of likely N-dealkylation sites (tertiary alicyclic amines) is 2. The van der Waals surface area contributed by atoms with Crippen molar-refractivity contribution in [2.75, 3.05) is 31.1 Å². The van der Waals surface area contributed by atoms with Gasteiger partial charge in [0.15, 0.2) is 11.6 Å². The van der Waals surface area contributed by atoms with Gasteiger partial charge in [-0.25, -0.2) is 13.8 Å². The smallest absolute Gasteiger partial charge is 0.253 e. The van der Waals surface area contributed by atoms with Gasteiger partial charge in [-0.3, -0.25) is 14.6 Å². The zero-order valence-corrected chi connectivity index (χ0v) is 23.5. The van der Waals surface area contributed by atoms with Gasteiger partial charge in [-0.15, -0.1) is 0 Å². The maximum atomic E-state index is 13.4. The number of carbonyl (C=O) groups is 1. The van der Waals surface area contributed by atoms with Gasteiger partial charge in [-0.1, -0.05) is 41.4 Å². The first-order valence-corrected chi connectivity index (χ1v) is 14.5. The molecular formula is C30H33Cl2F2N5O. The summed E-state index contributed by atoms with van der Waals surface area (Å²) in [6, 6.07) is 14.7. The molecule has 10 heteroatoms. The molecule has 2 atom stereocenters. The number of benzene rings is 2. The van der Waals surface area contributed by atoms with Gasteiger partial charge in [0.05, 0.1) is 10.6 Å². The highest BCUT2D eigenvalue weighted by Gasteiger charge is 2.46. The number of piperazine rings is 1. The van der Waals surface area contributed by atoms with Crippen molar-refractivity contribution in [2.24, 2.45) is 0 Å². The minimum atomic E-state index is -0.945. The summed E-state index contributed by atoms with van der Waals surface area (Å²) in [5.74, 6) is -1.53. The first kappa shape index (κ1) is 27.4. The SMILES string of the molecule is O=C(NCc1ccc(F)c(F)c1)c1cnc(N2CC3CC2CN3C2CCN(Cc3ccc(Cl)cc3)CC2)c(Cl)c1.[HH]. The van der Waals surface area contributed by atoms with E-state index in [1.807, 2.05) is 12.1 Å². The molecule has 3 aliphatic rings. The van der Waals surface area contributed by atoms with Crippen molar-refractivity contribution in [3.8, 4) is 0 Å². The number of nitrogens with one attached hydrogen (secondary N) is 1. The van der Waals surface area contributed by atoms with Gasteiger partial charge in [0.2, 0.25) is 0 Å². The molecule has 0 radical (unpaired) electrons. The molecule has 0 aliphatic carbocycles. The summed E-state index contributed by atoms with van der Waals surface area (Å²) in [4.78, 5) is 24.7. The van der Waals surface area contributed by atoms with Crippen LogP contribution in [-0.2, 0) is 13.1 Å². The number of rotatable bonds is 7. The molecule has 0 spiro atoms. The Morgan fingerprint density at radius 1 is 0.950 bits per heavy atom. The van der Waals surface area contributed by atoms with Gasteiger partial charge in [-0.2, -0.15) is 0 Å². The minimum Gasteiger partial charge on any atom is -0.349 e. The average Bonchev–Trinajstić information content (AvgIpc) is 3.56. The Labute approximate surface area is 244 Å². The fraction of sp³-hybridized carbons (Fsp3) is 0.400. The first-order chi connectivity index (χ1) is 19.3. The number of hydrogen-bond donors (Lipinski definition) is 1. The molecule has 6 nitrogen and oxygen atoms in total. The van der Waals surface area contributed by atoms with Crippen LogP contribution in [0, 0.1) is 11.6 Å². The van der Waals surface area contributed by atoms with Crippen molar-refractivity contribution in [1.29, 1.82) is 0 Å². The highest BCUT2D eigenvalue weighted by atomic mass is 35.5. The third-order valence-corrected chi connectivity index (χ3v) is 8.95. The van der Waals surface area contributed by atoms with Gasteiger partial charge in [0.25, 0.3) is 5.91 Å². The molecule has 4 heterocycles. The Bertz CT molecular complexity index is 1390. The summed E-state index contributed by atoms with van der Waals surface area (Å²) in [6.07, 6.45) is 4.97. The summed E-state index contributed by atoms with van der Waals surface area (Å²) in [5, 5.41) is 3.92.